The third kappa shape index (κ3) is 2.75. The number of aromatic nitrogens is 4. The second-order valence-corrected chi connectivity index (χ2v) is 5.39. The molecular formula is C14H19N5. The van der Waals surface area contributed by atoms with E-state index in [1.807, 2.05) is 37.2 Å². The molecule has 1 atom stereocenters. The van der Waals surface area contributed by atoms with Crippen LogP contribution in [-0.4, -0.2) is 32.8 Å². The Morgan fingerprint density at radius 3 is 2.74 bits per heavy atom. The molecule has 5 nitrogen and oxygen atoms in total. The first-order chi connectivity index (χ1) is 9.20. The van der Waals surface area contributed by atoms with Gasteiger partial charge >= 0.3 is 0 Å². The fourth-order valence-corrected chi connectivity index (χ4v) is 2.64. The van der Waals surface area contributed by atoms with Crippen LogP contribution in [0.1, 0.15) is 17.5 Å². The summed E-state index contributed by atoms with van der Waals surface area (Å²) in [4.78, 5) is 11.1. The summed E-state index contributed by atoms with van der Waals surface area (Å²) in [5.74, 6) is 1.54. The lowest BCUT2D eigenvalue weighted by Crippen LogP contribution is -2.22. The highest BCUT2D eigenvalue weighted by molar-refractivity contribution is 5.31. The van der Waals surface area contributed by atoms with Crippen LogP contribution >= 0.6 is 0 Å². The molecule has 3 rings (SSSR count). The van der Waals surface area contributed by atoms with Gasteiger partial charge in [0.15, 0.2) is 0 Å². The van der Waals surface area contributed by atoms with Crippen molar-refractivity contribution < 1.29 is 0 Å². The predicted octanol–water partition coefficient (Wildman–Crippen LogP) is 1.59. The molecule has 0 aliphatic carbocycles. The lowest BCUT2D eigenvalue weighted by atomic mass is 10.0. The van der Waals surface area contributed by atoms with E-state index >= 15 is 0 Å². The minimum Gasteiger partial charge on any atom is -0.341 e. The molecule has 100 valence electrons. The first-order valence-corrected chi connectivity index (χ1v) is 6.72. The molecule has 0 N–H and O–H groups in total. The van der Waals surface area contributed by atoms with Crippen LogP contribution in [0.5, 0.6) is 0 Å². The Morgan fingerprint density at radius 2 is 2.05 bits per heavy atom. The molecule has 1 saturated heterocycles. The summed E-state index contributed by atoms with van der Waals surface area (Å²) >= 11 is 0. The molecule has 1 aliphatic heterocycles. The fourth-order valence-electron chi connectivity index (χ4n) is 2.64. The molecule has 1 unspecified atom stereocenters. The second kappa shape index (κ2) is 4.99. The van der Waals surface area contributed by atoms with E-state index in [-0.39, 0.29) is 0 Å². The van der Waals surface area contributed by atoms with Crippen LogP contribution in [0.4, 0.5) is 5.95 Å². The number of nitrogens with zero attached hydrogens (tertiary/aromatic N) is 5. The molecule has 0 bridgehead atoms. The Morgan fingerprint density at radius 1 is 1.26 bits per heavy atom. The molecule has 19 heavy (non-hydrogen) atoms. The van der Waals surface area contributed by atoms with Gasteiger partial charge in [-0.1, -0.05) is 0 Å². The lowest BCUT2D eigenvalue weighted by Gasteiger charge is -2.15. The van der Waals surface area contributed by atoms with Crippen LogP contribution in [0.15, 0.2) is 24.8 Å². The van der Waals surface area contributed by atoms with Gasteiger partial charge in [0, 0.05) is 38.7 Å². The van der Waals surface area contributed by atoms with E-state index in [0.29, 0.717) is 5.92 Å². The summed E-state index contributed by atoms with van der Waals surface area (Å²) in [6.07, 6.45) is 10.1. The molecule has 1 fully saturated rings. The van der Waals surface area contributed by atoms with Gasteiger partial charge in [0.1, 0.15) is 0 Å². The van der Waals surface area contributed by atoms with Crippen molar-refractivity contribution in [1.82, 2.24) is 19.7 Å². The van der Waals surface area contributed by atoms with E-state index in [9.17, 15) is 0 Å². The van der Waals surface area contributed by atoms with Crippen LogP contribution in [0.25, 0.3) is 0 Å². The zero-order chi connectivity index (χ0) is 13.2. The highest BCUT2D eigenvalue weighted by Gasteiger charge is 2.24. The smallest absolute Gasteiger partial charge is 0.225 e. The van der Waals surface area contributed by atoms with Crippen LogP contribution in [0.3, 0.4) is 0 Å². The molecule has 5 heteroatoms. The molecule has 0 radical (unpaired) electrons. The van der Waals surface area contributed by atoms with E-state index in [2.05, 4.69) is 26.2 Å². The third-order valence-corrected chi connectivity index (χ3v) is 3.62. The molecule has 2 aromatic rings. The molecule has 2 aromatic heterocycles. The number of hydrogen-bond donors (Lipinski definition) is 0. The Bertz CT molecular complexity index is 545. The zero-order valence-corrected chi connectivity index (χ0v) is 11.5. The highest BCUT2D eigenvalue weighted by atomic mass is 15.3. The fraction of sp³-hybridized carbons (Fsp3) is 0.500. The van der Waals surface area contributed by atoms with Crippen molar-refractivity contribution in [2.75, 3.05) is 18.0 Å². The van der Waals surface area contributed by atoms with Gasteiger partial charge < -0.3 is 4.90 Å². The van der Waals surface area contributed by atoms with Crippen molar-refractivity contribution in [3.05, 3.63) is 35.9 Å². The minimum atomic E-state index is 0.675. The van der Waals surface area contributed by atoms with E-state index in [1.54, 1.807) is 0 Å². The summed E-state index contributed by atoms with van der Waals surface area (Å²) in [7, 11) is 1.96. The van der Waals surface area contributed by atoms with E-state index in [4.69, 9.17) is 0 Å². The maximum absolute atomic E-state index is 4.40. The lowest BCUT2D eigenvalue weighted by molar-refractivity contribution is 0.585. The van der Waals surface area contributed by atoms with Crippen molar-refractivity contribution in [2.45, 2.75) is 19.8 Å². The van der Waals surface area contributed by atoms with Crippen molar-refractivity contribution >= 4 is 5.95 Å². The van der Waals surface area contributed by atoms with Gasteiger partial charge in [-0.05, 0) is 36.8 Å². The maximum Gasteiger partial charge on any atom is 0.225 e. The zero-order valence-electron chi connectivity index (χ0n) is 11.5. The Hall–Kier alpha value is -1.91. The predicted molar refractivity (Wildman–Crippen MR) is 74.0 cm³/mol. The van der Waals surface area contributed by atoms with Gasteiger partial charge in [0.25, 0.3) is 0 Å². The summed E-state index contributed by atoms with van der Waals surface area (Å²) in [6, 6.07) is 0. The van der Waals surface area contributed by atoms with E-state index in [1.165, 1.54) is 12.0 Å². The van der Waals surface area contributed by atoms with Gasteiger partial charge in [0.2, 0.25) is 5.95 Å². The summed E-state index contributed by atoms with van der Waals surface area (Å²) in [6.45, 7) is 4.10. The molecule has 0 saturated carbocycles. The molecule has 0 aromatic carbocycles. The molecule has 1 aliphatic rings. The molecule has 3 heterocycles. The van der Waals surface area contributed by atoms with Gasteiger partial charge in [-0.2, -0.15) is 5.10 Å². The quantitative estimate of drug-likeness (QED) is 0.837. The van der Waals surface area contributed by atoms with Gasteiger partial charge in [-0.3, -0.25) is 4.68 Å². The molecule has 0 spiro atoms. The van der Waals surface area contributed by atoms with Crippen LogP contribution < -0.4 is 4.90 Å². The van der Waals surface area contributed by atoms with E-state index in [0.717, 1.165) is 31.0 Å². The number of anilines is 1. The van der Waals surface area contributed by atoms with Crippen LogP contribution in [0.2, 0.25) is 0 Å². The van der Waals surface area contributed by atoms with Crippen molar-refractivity contribution in [2.24, 2.45) is 13.0 Å². The Labute approximate surface area is 113 Å². The molecular weight excluding hydrogens is 238 g/mol. The Kier molecular flexibility index (Phi) is 3.19. The summed E-state index contributed by atoms with van der Waals surface area (Å²) in [5, 5.41) is 4.22. The standard InChI is InChI=1S/C14H19N5/c1-11-6-15-14(16-7-11)19-4-3-12(10-19)5-13-8-17-18(2)9-13/h6-9,12H,3-5,10H2,1-2H3. The number of rotatable bonds is 3. The van der Waals surface area contributed by atoms with Crippen LogP contribution in [-0.2, 0) is 13.5 Å². The van der Waals surface area contributed by atoms with Gasteiger partial charge in [-0.15, -0.1) is 0 Å². The van der Waals surface area contributed by atoms with Gasteiger partial charge in [0.05, 0.1) is 6.20 Å². The molecule has 0 amide bonds. The van der Waals surface area contributed by atoms with Crippen molar-refractivity contribution in [1.29, 1.82) is 0 Å². The summed E-state index contributed by atoms with van der Waals surface area (Å²) in [5.41, 5.74) is 2.43. The number of aryl methyl sites for hydroxylation is 2. The average Bonchev–Trinajstić information content (AvgIpc) is 3.00. The second-order valence-electron chi connectivity index (χ2n) is 5.39. The first-order valence-electron chi connectivity index (χ1n) is 6.72. The Balaban J connectivity index is 1.62. The van der Waals surface area contributed by atoms with E-state index < -0.39 is 0 Å². The van der Waals surface area contributed by atoms with Crippen LogP contribution in [0, 0.1) is 12.8 Å². The number of hydrogen-bond acceptors (Lipinski definition) is 4. The first kappa shape index (κ1) is 12.1. The van der Waals surface area contributed by atoms with Gasteiger partial charge in [-0.25, -0.2) is 9.97 Å². The van der Waals surface area contributed by atoms with Crippen molar-refractivity contribution in [3.63, 3.8) is 0 Å². The maximum atomic E-state index is 4.40. The SMILES string of the molecule is Cc1cnc(N2CCC(Cc3cnn(C)c3)C2)nc1. The average molecular weight is 257 g/mol. The monoisotopic (exact) mass is 257 g/mol. The normalized spacial score (nSPS) is 19.1. The van der Waals surface area contributed by atoms with Crippen molar-refractivity contribution in [3.8, 4) is 0 Å². The third-order valence-electron chi connectivity index (χ3n) is 3.62. The highest BCUT2D eigenvalue weighted by Crippen LogP contribution is 2.23. The largest absolute Gasteiger partial charge is 0.341 e. The minimum absolute atomic E-state index is 0.675. The summed E-state index contributed by atoms with van der Waals surface area (Å²) < 4.78 is 1.87. The topological polar surface area (TPSA) is 46.8 Å².